The van der Waals surface area contributed by atoms with E-state index in [0.717, 1.165) is 12.8 Å². The van der Waals surface area contributed by atoms with Crippen LogP contribution in [-0.4, -0.2) is 23.7 Å². The van der Waals surface area contributed by atoms with Crippen LogP contribution >= 0.6 is 0 Å². The fourth-order valence-corrected chi connectivity index (χ4v) is 2.63. The van der Waals surface area contributed by atoms with Gasteiger partial charge in [-0.15, -0.1) is 0 Å². The van der Waals surface area contributed by atoms with E-state index in [2.05, 4.69) is 12.2 Å². The van der Waals surface area contributed by atoms with Crippen molar-refractivity contribution >= 4 is 5.91 Å². The first-order valence-corrected chi connectivity index (χ1v) is 7.30. The Morgan fingerprint density at radius 1 is 1.40 bits per heavy atom. The van der Waals surface area contributed by atoms with E-state index < -0.39 is 0 Å². The number of carbonyl (C=O) groups excluding carboxylic acids is 1. The third-order valence-corrected chi connectivity index (χ3v) is 3.81. The van der Waals surface area contributed by atoms with Crippen molar-refractivity contribution in [1.29, 1.82) is 0 Å². The molecule has 0 bridgehead atoms. The maximum atomic E-state index is 11.7. The maximum Gasteiger partial charge on any atom is 0.246 e. The smallest absolute Gasteiger partial charge is 0.246 e. The van der Waals surface area contributed by atoms with Gasteiger partial charge >= 0.3 is 0 Å². The highest BCUT2D eigenvalue weighted by Crippen LogP contribution is 2.25. The number of phenolic OH excluding ortho intramolecular Hbond substituents is 1. The summed E-state index contributed by atoms with van der Waals surface area (Å²) in [6.45, 7) is 2.66. The molecule has 0 heterocycles. The molecule has 1 aliphatic rings. The number of aromatic hydroxyl groups is 1. The lowest BCUT2D eigenvalue weighted by Crippen LogP contribution is -2.31. The van der Waals surface area contributed by atoms with Crippen LogP contribution in [0, 0.1) is 5.92 Å². The van der Waals surface area contributed by atoms with Gasteiger partial charge in [0.25, 0.3) is 0 Å². The topological polar surface area (TPSA) is 58.6 Å². The number of para-hydroxylation sites is 1. The monoisotopic (exact) mass is 277 g/mol. The van der Waals surface area contributed by atoms with Crippen molar-refractivity contribution in [3.63, 3.8) is 0 Å². The first-order valence-electron chi connectivity index (χ1n) is 7.30. The van der Waals surface area contributed by atoms with Gasteiger partial charge in [-0.3, -0.25) is 4.79 Å². The van der Waals surface area contributed by atoms with Gasteiger partial charge in [-0.25, -0.2) is 0 Å². The molecule has 2 atom stereocenters. The van der Waals surface area contributed by atoms with Crippen LogP contribution in [0.1, 0.15) is 38.2 Å². The molecule has 0 saturated heterocycles. The highest BCUT2D eigenvalue weighted by Gasteiger charge is 2.20. The summed E-state index contributed by atoms with van der Waals surface area (Å²) in [7, 11) is 0. The van der Waals surface area contributed by atoms with Crippen LogP contribution in [0.15, 0.2) is 24.3 Å². The summed E-state index contributed by atoms with van der Waals surface area (Å²) >= 11 is 0. The number of nitrogens with one attached hydrogen (secondary N) is 1. The van der Waals surface area contributed by atoms with E-state index in [-0.39, 0.29) is 24.4 Å². The molecule has 0 aliphatic heterocycles. The molecule has 1 fully saturated rings. The molecule has 0 radical (unpaired) electrons. The molecule has 4 nitrogen and oxygen atoms in total. The fourth-order valence-electron chi connectivity index (χ4n) is 2.63. The summed E-state index contributed by atoms with van der Waals surface area (Å²) in [5, 5.41) is 12.4. The molecule has 2 unspecified atom stereocenters. The largest absolute Gasteiger partial charge is 0.508 e. The number of hydrogen-bond acceptors (Lipinski definition) is 3. The molecule has 20 heavy (non-hydrogen) atoms. The normalized spacial score (nSPS) is 22.4. The fraction of sp³-hybridized carbons (Fsp3) is 0.562. The molecule has 1 amide bonds. The van der Waals surface area contributed by atoms with Crippen molar-refractivity contribution in [1.82, 2.24) is 5.32 Å². The van der Waals surface area contributed by atoms with Gasteiger partial charge in [-0.2, -0.15) is 0 Å². The minimum Gasteiger partial charge on any atom is -0.508 e. The SMILES string of the molecule is CC1CCCC(OCC(=O)NCc2ccccc2O)C1. The first kappa shape index (κ1) is 14.9. The van der Waals surface area contributed by atoms with Crippen LogP contribution in [0.3, 0.4) is 0 Å². The lowest BCUT2D eigenvalue weighted by Gasteiger charge is -2.26. The second-order valence-corrected chi connectivity index (χ2v) is 5.61. The van der Waals surface area contributed by atoms with E-state index in [9.17, 15) is 9.90 Å². The lowest BCUT2D eigenvalue weighted by atomic mass is 9.89. The molecule has 2 N–H and O–H groups in total. The summed E-state index contributed by atoms with van der Waals surface area (Å²) in [5.74, 6) is 0.763. The van der Waals surface area contributed by atoms with Crippen LogP contribution in [0.25, 0.3) is 0 Å². The summed E-state index contributed by atoms with van der Waals surface area (Å²) in [4.78, 5) is 11.7. The molecular formula is C16H23NO3. The van der Waals surface area contributed by atoms with Crippen LogP contribution in [-0.2, 0) is 16.1 Å². The zero-order valence-corrected chi connectivity index (χ0v) is 12.0. The van der Waals surface area contributed by atoms with Crippen LogP contribution < -0.4 is 5.32 Å². The Hall–Kier alpha value is -1.55. The number of rotatable bonds is 5. The average molecular weight is 277 g/mol. The Kier molecular flexibility index (Phi) is 5.41. The zero-order chi connectivity index (χ0) is 14.4. The second-order valence-electron chi connectivity index (χ2n) is 5.61. The standard InChI is InChI=1S/C16H23NO3/c1-12-5-4-7-14(9-12)20-11-16(19)17-10-13-6-2-3-8-15(13)18/h2-3,6,8,12,14,18H,4-5,7,9-11H2,1H3,(H,17,19). The number of hydrogen-bond donors (Lipinski definition) is 2. The van der Waals surface area contributed by atoms with Crippen molar-refractivity contribution in [2.24, 2.45) is 5.92 Å². The molecular weight excluding hydrogens is 254 g/mol. The van der Waals surface area contributed by atoms with E-state index in [1.165, 1.54) is 12.8 Å². The molecule has 0 spiro atoms. The third kappa shape index (κ3) is 4.53. The van der Waals surface area contributed by atoms with E-state index in [1.807, 2.05) is 6.07 Å². The number of phenols is 1. The summed E-state index contributed by atoms with van der Waals surface area (Å²) < 4.78 is 5.66. The quantitative estimate of drug-likeness (QED) is 0.869. The maximum absolute atomic E-state index is 11.7. The van der Waals surface area contributed by atoms with Crippen LogP contribution in [0.4, 0.5) is 0 Å². The van der Waals surface area contributed by atoms with Gasteiger partial charge in [0.05, 0.1) is 6.10 Å². The van der Waals surface area contributed by atoms with Crippen molar-refractivity contribution in [2.75, 3.05) is 6.61 Å². The van der Waals surface area contributed by atoms with Gasteiger partial charge < -0.3 is 15.2 Å². The van der Waals surface area contributed by atoms with E-state index in [1.54, 1.807) is 18.2 Å². The van der Waals surface area contributed by atoms with E-state index >= 15 is 0 Å². The molecule has 2 rings (SSSR count). The van der Waals surface area contributed by atoms with Gasteiger partial charge in [0.15, 0.2) is 0 Å². The Balaban J connectivity index is 1.69. The van der Waals surface area contributed by atoms with Gasteiger partial charge in [-0.1, -0.05) is 38.0 Å². The van der Waals surface area contributed by atoms with Crippen molar-refractivity contribution in [3.8, 4) is 5.75 Å². The molecule has 1 saturated carbocycles. The van der Waals surface area contributed by atoms with Gasteiger partial charge in [-0.05, 0) is 24.8 Å². The van der Waals surface area contributed by atoms with Gasteiger partial charge in [0.2, 0.25) is 5.91 Å². The highest BCUT2D eigenvalue weighted by atomic mass is 16.5. The Bertz CT molecular complexity index is 447. The summed E-state index contributed by atoms with van der Waals surface area (Å²) in [5.41, 5.74) is 0.715. The minimum atomic E-state index is -0.133. The highest BCUT2D eigenvalue weighted by molar-refractivity contribution is 5.77. The molecule has 1 aromatic carbocycles. The van der Waals surface area contributed by atoms with Crippen molar-refractivity contribution in [3.05, 3.63) is 29.8 Å². The first-order chi connectivity index (χ1) is 9.65. The number of ether oxygens (including phenoxy) is 1. The molecule has 110 valence electrons. The third-order valence-electron chi connectivity index (χ3n) is 3.81. The summed E-state index contributed by atoms with van der Waals surface area (Å²) in [6, 6.07) is 7.00. The molecule has 4 heteroatoms. The van der Waals surface area contributed by atoms with Gasteiger partial charge in [0.1, 0.15) is 12.4 Å². The van der Waals surface area contributed by atoms with Gasteiger partial charge in [0, 0.05) is 12.1 Å². The Morgan fingerprint density at radius 2 is 2.20 bits per heavy atom. The predicted molar refractivity (Wildman–Crippen MR) is 77.3 cm³/mol. The number of amides is 1. The second kappa shape index (κ2) is 7.29. The zero-order valence-electron chi connectivity index (χ0n) is 12.0. The van der Waals surface area contributed by atoms with Crippen molar-refractivity contribution in [2.45, 2.75) is 45.3 Å². The predicted octanol–water partition coefficient (Wildman–Crippen LogP) is 2.60. The Morgan fingerprint density at radius 3 is 2.95 bits per heavy atom. The Labute approximate surface area is 120 Å². The lowest BCUT2D eigenvalue weighted by molar-refractivity contribution is -0.128. The van der Waals surface area contributed by atoms with Crippen molar-refractivity contribution < 1.29 is 14.6 Å². The number of benzene rings is 1. The van der Waals surface area contributed by atoms with Crippen LogP contribution in [0.2, 0.25) is 0 Å². The number of carbonyl (C=O) groups is 1. The average Bonchev–Trinajstić information content (AvgIpc) is 2.44. The van der Waals surface area contributed by atoms with E-state index in [0.29, 0.717) is 18.0 Å². The molecule has 1 aliphatic carbocycles. The van der Waals surface area contributed by atoms with Crippen LogP contribution in [0.5, 0.6) is 5.75 Å². The molecule has 0 aromatic heterocycles. The van der Waals surface area contributed by atoms with E-state index in [4.69, 9.17) is 4.74 Å². The minimum absolute atomic E-state index is 0.102. The molecule has 1 aromatic rings. The summed E-state index contributed by atoms with van der Waals surface area (Å²) in [6.07, 6.45) is 4.77.